The van der Waals surface area contributed by atoms with Crippen LogP contribution < -0.4 is 0 Å². The van der Waals surface area contributed by atoms with Gasteiger partial charge in [-0.1, -0.05) is 23.7 Å². The third-order valence-corrected chi connectivity index (χ3v) is 4.72. The van der Waals surface area contributed by atoms with Crippen molar-refractivity contribution < 1.29 is 9.90 Å². The van der Waals surface area contributed by atoms with Crippen LogP contribution in [0.15, 0.2) is 24.3 Å². The summed E-state index contributed by atoms with van der Waals surface area (Å²) in [5, 5.41) is 10.0. The maximum atomic E-state index is 11.3. The molecule has 1 aliphatic rings. The van der Waals surface area contributed by atoms with Crippen LogP contribution in [-0.4, -0.2) is 21.6 Å². The minimum absolute atomic E-state index is 0.587. The Balaban J connectivity index is 2.18. The summed E-state index contributed by atoms with van der Waals surface area (Å²) >= 11 is 7.37. The van der Waals surface area contributed by atoms with Crippen molar-refractivity contribution in [2.45, 2.75) is 24.0 Å². The van der Waals surface area contributed by atoms with Crippen LogP contribution in [-0.2, 0) is 11.2 Å². The first-order valence-corrected chi connectivity index (χ1v) is 6.61. The summed E-state index contributed by atoms with van der Waals surface area (Å²) in [6.07, 6.45) is 2.34. The summed E-state index contributed by atoms with van der Waals surface area (Å²) in [6, 6.07) is 7.44. The summed E-state index contributed by atoms with van der Waals surface area (Å²) < 4.78 is -0.617. The zero-order valence-corrected chi connectivity index (χ0v) is 10.4. The maximum Gasteiger partial charge on any atom is 0.320 e. The van der Waals surface area contributed by atoms with Crippen LogP contribution in [0.3, 0.4) is 0 Å². The van der Waals surface area contributed by atoms with E-state index in [1.807, 2.05) is 24.3 Å². The second-order valence-corrected chi connectivity index (χ2v) is 5.97. The predicted octanol–water partition coefficient (Wildman–Crippen LogP) is 3.23. The van der Waals surface area contributed by atoms with Gasteiger partial charge in [0.2, 0.25) is 0 Å². The topological polar surface area (TPSA) is 37.3 Å². The molecule has 16 heavy (non-hydrogen) atoms. The highest BCUT2D eigenvalue weighted by atomic mass is 35.5. The van der Waals surface area contributed by atoms with E-state index in [1.54, 1.807) is 11.8 Å². The van der Waals surface area contributed by atoms with Crippen LogP contribution in [0.1, 0.15) is 18.4 Å². The Hall–Kier alpha value is -0.670. The fourth-order valence-electron chi connectivity index (χ4n) is 2.01. The van der Waals surface area contributed by atoms with Crippen molar-refractivity contribution in [2.24, 2.45) is 0 Å². The first-order chi connectivity index (χ1) is 7.62. The number of benzene rings is 1. The van der Waals surface area contributed by atoms with Crippen molar-refractivity contribution in [1.82, 2.24) is 0 Å². The van der Waals surface area contributed by atoms with Gasteiger partial charge in [0.25, 0.3) is 0 Å². The highest BCUT2D eigenvalue weighted by Crippen LogP contribution is 2.41. The van der Waals surface area contributed by atoms with Crippen molar-refractivity contribution >= 4 is 29.3 Å². The molecule has 1 aromatic rings. The quantitative estimate of drug-likeness (QED) is 0.902. The van der Waals surface area contributed by atoms with Crippen molar-refractivity contribution in [2.75, 3.05) is 5.75 Å². The molecule has 2 nitrogen and oxygen atoms in total. The summed E-state index contributed by atoms with van der Waals surface area (Å²) in [4.78, 5) is 11.3. The smallest absolute Gasteiger partial charge is 0.320 e. The number of carboxylic acids is 1. The van der Waals surface area contributed by atoms with Gasteiger partial charge in [0.15, 0.2) is 0 Å². The molecule has 1 aromatic carbocycles. The monoisotopic (exact) mass is 256 g/mol. The molecule has 1 N–H and O–H groups in total. The van der Waals surface area contributed by atoms with Crippen LogP contribution >= 0.6 is 23.4 Å². The Labute approximate surface area is 104 Å². The molecule has 1 aliphatic heterocycles. The Morgan fingerprint density at radius 1 is 1.44 bits per heavy atom. The van der Waals surface area contributed by atoms with E-state index in [0.717, 1.165) is 24.2 Å². The Bertz CT molecular complexity index is 383. The standard InChI is InChI=1S/C12H13ClO2S/c13-10-4-2-9(3-5-10)8-12(11(14)15)6-1-7-16-12/h2-5H,1,6-8H2,(H,14,15). The lowest BCUT2D eigenvalue weighted by Crippen LogP contribution is -2.34. The lowest BCUT2D eigenvalue weighted by Gasteiger charge is -2.22. The molecule has 0 saturated carbocycles. The molecule has 1 unspecified atom stereocenters. The highest BCUT2D eigenvalue weighted by molar-refractivity contribution is 8.01. The maximum absolute atomic E-state index is 11.3. The predicted molar refractivity (Wildman–Crippen MR) is 67.2 cm³/mol. The van der Waals surface area contributed by atoms with E-state index >= 15 is 0 Å². The Morgan fingerprint density at radius 3 is 2.62 bits per heavy atom. The molecule has 0 aromatic heterocycles. The molecule has 86 valence electrons. The first kappa shape index (κ1) is 11.8. The van der Waals surface area contributed by atoms with E-state index in [0.29, 0.717) is 11.4 Å². The second-order valence-electron chi connectivity index (χ2n) is 4.05. The Morgan fingerprint density at radius 2 is 2.12 bits per heavy atom. The molecular formula is C12H13ClO2S. The minimum Gasteiger partial charge on any atom is -0.480 e. The normalized spacial score (nSPS) is 24.6. The second kappa shape index (κ2) is 4.68. The van der Waals surface area contributed by atoms with Crippen molar-refractivity contribution in [1.29, 1.82) is 0 Å². The van der Waals surface area contributed by atoms with E-state index in [9.17, 15) is 9.90 Å². The SMILES string of the molecule is O=C(O)C1(Cc2ccc(Cl)cc2)CCCS1. The summed E-state index contributed by atoms with van der Waals surface area (Å²) in [5.74, 6) is 0.254. The zero-order chi connectivity index (χ0) is 11.6. The number of thioether (sulfide) groups is 1. The fraction of sp³-hybridized carbons (Fsp3) is 0.417. The molecule has 1 saturated heterocycles. The lowest BCUT2D eigenvalue weighted by atomic mass is 9.94. The van der Waals surface area contributed by atoms with Crippen LogP contribution in [0, 0.1) is 0 Å². The molecule has 0 spiro atoms. The van der Waals surface area contributed by atoms with Crippen LogP contribution in [0.5, 0.6) is 0 Å². The summed E-state index contributed by atoms with van der Waals surface area (Å²) in [7, 11) is 0. The number of halogens is 1. The molecule has 0 amide bonds. The summed E-state index contributed by atoms with van der Waals surface area (Å²) in [5.41, 5.74) is 1.04. The fourth-order valence-corrected chi connectivity index (χ4v) is 3.50. The van der Waals surface area contributed by atoms with E-state index in [4.69, 9.17) is 11.6 Å². The molecule has 0 aliphatic carbocycles. The van der Waals surface area contributed by atoms with Gasteiger partial charge in [-0.25, -0.2) is 0 Å². The van der Waals surface area contributed by atoms with Crippen molar-refractivity contribution in [3.63, 3.8) is 0 Å². The van der Waals surface area contributed by atoms with E-state index in [1.165, 1.54) is 0 Å². The third-order valence-electron chi connectivity index (χ3n) is 2.90. The summed E-state index contributed by atoms with van der Waals surface area (Å²) in [6.45, 7) is 0. The van der Waals surface area contributed by atoms with Gasteiger partial charge in [-0.05, 0) is 42.7 Å². The van der Waals surface area contributed by atoms with Gasteiger partial charge in [0.05, 0.1) is 0 Å². The average molecular weight is 257 g/mol. The molecule has 2 rings (SSSR count). The number of carboxylic acid groups (broad SMARTS) is 1. The molecule has 4 heteroatoms. The van der Waals surface area contributed by atoms with Gasteiger partial charge in [0, 0.05) is 5.02 Å². The highest BCUT2D eigenvalue weighted by Gasteiger charge is 2.42. The number of rotatable bonds is 3. The Kier molecular flexibility index (Phi) is 3.45. The molecule has 0 radical (unpaired) electrons. The number of hydrogen-bond donors (Lipinski definition) is 1. The van der Waals surface area contributed by atoms with Gasteiger partial charge >= 0.3 is 5.97 Å². The third kappa shape index (κ3) is 2.36. The molecule has 1 heterocycles. The lowest BCUT2D eigenvalue weighted by molar-refractivity contribution is -0.139. The van der Waals surface area contributed by atoms with Crippen LogP contribution in [0.25, 0.3) is 0 Å². The van der Waals surface area contributed by atoms with E-state index in [2.05, 4.69) is 0 Å². The average Bonchev–Trinajstić information content (AvgIpc) is 2.71. The first-order valence-electron chi connectivity index (χ1n) is 5.24. The van der Waals surface area contributed by atoms with Gasteiger partial charge in [0.1, 0.15) is 4.75 Å². The molecular weight excluding hydrogens is 244 g/mol. The van der Waals surface area contributed by atoms with Crippen LogP contribution in [0.4, 0.5) is 0 Å². The van der Waals surface area contributed by atoms with Gasteiger partial charge in [-0.15, -0.1) is 11.8 Å². The number of aliphatic carboxylic acids is 1. The van der Waals surface area contributed by atoms with Gasteiger partial charge in [-0.2, -0.15) is 0 Å². The molecule has 1 fully saturated rings. The molecule has 0 bridgehead atoms. The minimum atomic E-state index is -0.690. The van der Waals surface area contributed by atoms with Gasteiger partial charge in [-0.3, -0.25) is 4.79 Å². The van der Waals surface area contributed by atoms with Crippen molar-refractivity contribution in [3.8, 4) is 0 Å². The van der Waals surface area contributed by atoms with E-state index < -0.39 is 10.7 Å². The largest absolute Gasteiger partial charge is 0.480 e. The number of carbonyl (C=O) groups is 1. The van der Waals surface area contributed by atoms with Gasteiger partial charge < -0.3 is 5.11 Å². The zero-order valence-electron chi connectivity index (χ0n) is 8.78. The van der Waals surface area contributed by atoms with Crippen LogP contribution in [0.2, 0.25) is 5.02 Å². The number of hydrogen-bond acceptors (Lipinski definition) is 2. The van der Waals surface area contributed by atoms with Crippen molar-refractivity contribution in [3.05, 3.63) is 34.9 Å². The molecule has 1 atom stereocenters. The van der Waals surface area contributed by atoms with E-state index in [-0.39, 0.29) is 0 Å².